The first-order valence-electron chi connectivity index (χ1n) is 10.0. The molecular formula is C22H20F3N3O3S. The van der Waals surface area contributed by atoms with Gasteiger partial charge in [0.05, 0.1) is 12.1 Å². The fourth-order valence-electron chi connectivity index (χ4n) is 3.82. The van der Waals surface area contributed by atoms with Crippen LogP contribution in [0.3, 0.4) is 0 Å². The highest BCUT2D eigenvalue weighted by molar-refractivity contribution is 7.98. The zero-order chi connectivity index (χ0) is 22.8. The predicted octanol–water partition coefficient (Wildman–Crippen LogP) is 2.19. The summed E-state index contributed by atoms with van der Waals surface area (Å²) in [5.74, 6) is -4.30. The van der Waals surface area contributed by atoms with E-state index in [9.17, 15) is 27.6 Å². The number of hydrogen-bond donors (Lipinski definition) is 1. The number of rotatable bonds is 5. The molecule has 2 atom stereocenters. The van der Waals surface area contributed by atoms with Gasteiger partial charge in [-0.2, -0.15) is 11.8 Å². The van der Waals surface area contributed by atoms with Crippen LogP contribution in [-0.4, -0.2) is 65.0 Å². The number of halogens is 3. The first-order chi connectivity index (χ1) is 15.3. The first kappa shape index (κ1) is 22.2. The van der Waals surface area contributed by atoms with Crippen molar-refractivity contribution in [3.05, 3.63) is 71.0 Å². The number of nitrogens with zero attached hydrogens (tertiary/aromatic N) is 2. The summed E-state index contributed by atoms with van der Waals surface area (Å²) in [6.07, 6.45) is 0. The Kier molecular flexibility index (Phi) is 6.40. The molecule has 0 unspecified atom stereocenters. The molecule has 0 aromatic heterocycles. The van der Waals surface area contributed by atoms with E-state index in [2.05, 4.69) is 5.32 Å². The van der Waals surface area contributed by atoms with Crippen LogP contribution in [0.15, 0.2) is 42.5 Å². The minimum absolute atomic E-state index is 0.0522. The fourth-order valence-corrected chi connectivity index (χ4v) is 4.83. The van der Waals surface area contributed by atoms with Crippen LogP contribution in [-0.2, 0) is 15.3 Å². The molecule has 0 radical (unpaired) electrons. The van der Waals surface area contributed by atoms with Gasteiger partial charge < -0.3 is 15.1 Å². The van der Waals surface area contributed by atoms with Crippen molar-refractivity contribution in [1.82, 2.24) is 15.1 Å². The Hall–Kier alpha value is -3.01. The molecule has 2 heterocycles. The minimum Gasteiger partial charge on any atom is -0.342 e. The van der Waals surface area contributed by atoms with Crippen LogP contribution >= 0.6 is 11.8 Å². The SMILES string of the molecule is O=C1N[C@@H](CSCc2ccccc2)C(=O)N2CCN(C(=O)c3cc(F)c(F)cc3F)C[C@H]12. The maximum atomic E-state index is 14.0. The summed E-state index contributed by atoms with van der Waals surface area (Å²) in [6, 6.07) is 8.99. The summed E-state index contributed by atoms with van der Waals surface area (Å²) in [5, 5.41) is 2.71. The van der Waals surface area contributed by atoms with Crippen molar-refractivity contribution in [3.63, 3.8) is 0 Å². The van der Waals surface area contributed by atoms with Crippen LogP contribution in [0.25, 0.3) is 0 Å². The van der Waals surface area contributed by atoms with Gasteiger partial charge in [0.1, 0.15) is 17.9 Å². The lowest BCUT2D eigenvalue weighted by Crippen LogP contribution is -2.70. The molecule has 0 bridgehead atoms. The predicted molar refractivity (Wildman–Crippen MR) is 112 cm³/mol. The van der Waals surface area contributed by atoms with E-state index in [-0.39, 0.29) is 25.5 Å². The Bertz CT molecular complexity index is 1050. The lowest BCUT2D eigenvalue weighted by atomic mass is 10.0. The second-order valence-electron chi connectivity index (χ2n) is 7.61. The van der Waals surface area contributed by atoms with E-state index in [1.165, 1.54) is 21.6 Å². The van der Waals surface area contributed by atoms with Crippen molar-refractivity contribution in [1.29, 1.82) is 0 Å². The van der Waals surface area contributed by atoms with Crippen molar-refractivity contribution < 1.29 is 27.6 Å². The number of fused-ring (bicyclic) bond motifs is 1. The van der Waals surface area contributed by atoms with Gasteiger partial charge in [-0.25, -0.2) is 13.2 Å². The van der Waals surface area contributed by atoms with E-state index >= 15 is 0 Å². The van der Waals surface area contributed by atoms with E-state index < -0.39 is 46.9 Å². The summed E-state index contributed by atoms with van der Waals surface area (Å²) in [5.41, 5.74) is 0.497. The van der Waals surface area contributed by atoms with Gasteiger partial charge in [0.2, 0.25) is 11.8 Å². The monoisotopic (exact) mass is 463 g/mol. The van der Waals surface area contributed by atoms with Gasteiger partial charge in [0, 0.05) is 30.7 Å². The molecule has 32 heavy (non-hydrogen) atoms. The third-order valence-corrected chi connectivity index (χ3v) is 6.61. The molecule has 2 saturated heterocycles. The summed E-state index contributed by atoms with van der Waals surface area (Å²) in [7, 11) is 0. The average molecular weight is 463 g/mol. The molecule has 168 valence electrons. The number of benzene rings is 2. The molecular weight excluding hydrogens is 443 g/mol. The van der Waals surface area contributed by atoms with E-state index in [0.717, 1.165) is 5.56 Å². The van der Waals surface area contributed by atoms with Gasteiger partial charge >= 0.3 is 0 Å². The van der Waals surface area contributed by atoms with Gasteiger partial charge in [-0.3, -0.25) is 14.4 Å². The number of piperazine rings is 2. The summed E-state index contributed by atoms with van der Waals surface area (Å²) < 4.78 is 40.7. The second-order valence-corrected chi connectivity index (χ2v) is 8.64. The molecule has 2 aliphatic heterocycles. The third kappa shape index (κ3) is 4.45. The number of amides is 3. The van der Waals surface area contributed by atoms with Crippen molar-refractivity contribution in [2.45, 2.75) is 17.8 Å². The maximum Gasteiger partial charge on any atom is 0.257 e. The Morgan fingerprint density at radius 2 is 1.75 bits per heavy atom. The van der Waals surface area contributed by atoms with Gasteiger partial charge in [0.25, 0.3) is 5.91 Å². The molecule has 3 amide bonds. The van der Waals surface area contributed by atoms with Gasteiger partial charge in [0.15, 0.2) is 11.6 Å². The van der Waals surface area contributed by atoms with Crippen LogP contribution in [0, 0.1) is 17.5 Å². The van der Waals surface area contributed by atoms with Crippen molar-refractivity contribution in [3.8, 4) is 0 Å². The second kappa shape index (κ2) is 9.23. The van der Waals surface area contributed by atoms with Crippen LogP contribution in [0.5, 0.6) is 0 Å². The quantitative estimate of drug-likeness (QED) is 0.691. The summed E-state index contributed by atoms with van der Waals surface area (Å²) >= 11 is 1.53. The Morgan fingerprint density at radius 1 is 1.03 bits per heavy atom. The molecule has 2 aromatic carbocycles. The van der Waals surface area contributed by atoms with Gasteiger partial charge in [-0.15, -0.1) is 0 Å². The molecule has 2 aromatic rings. The third-order valence-electron chi connectivity index (χ3n) is 5.50. The number of thioether (sulfide) groups is 1. The molecule has 10 heteroatoms. The standard InChI is InChI=1S/C22H20F3N3O3S/c23-15-9-17(25)16(24)8-14(15)21(30)27-6-7-28-19(10-27)20(29)26-18(22(28)31)12-32-11-13-4-2-1-3-5-13/h1-5,8-9,18-19H,6-7,10-12H2,(H,26,29)/t18-,19+/m0/s1. The Morgan fingerprint density at radius 3 is 2.50 bits per heavy atom. The minimum atomic E-state index is -1.39. The summed E-state index contributed by atoms with van der Waals surface area (Å²) in [4.78, 5) is 40.8. The highest BCUT2D eigenvalue weighted by Gasteiger charge is 2.44. The van der Waals surface area contributed by atoms with Crippen LogP contribution in [0.2, 0.25) is 0 Å². The molecule has 2 aliphatic rings. The number of carbonyl (C=O) groups is 3. The van der Waals surface area contributed by atoms with E-state index in [1.807, 2.05) is 30.3 Å². The lowest BCUT2D eigenvalue weighted by Gasteiger charge is -2.45. The van der Waals surface area contributed by atoms with Gasteiger partial charge in [-0.1, -0.05) is 30.3 Å². The zero-order valence-electron chi connectivity index (χ0n) is 16.9. The normalized spacial score (nSPS) is 20.7. The number of hydrogen-bond acceptors (Lipinski definition) is 4. The Labute approximate surface area is 186 Å². The molecule has 0 spiro atoms. The zero-order valence-corrected chi connectivity index (χ0v) is 17.7. The van der Waals surface area contributed by atoms with E-state index in [1.54, 1.807) is 0 Å². The van der Waals surface area contributed by atoms with Crippen LogP contribution in [0.1, 0.15) is 15.9 Å². The van der Waals surface area contributed by atoms with Crippen molar-refractivity contribution in [2.75, 3.05) is 25.4 Å². The van der Waals surface area contributed by atoms with E-state index in [0.29, 0.717) is 23.6 Å². The number of nitrogens with one attached hydrogen (secondary N) is 1. The van der Waals surface area contributed by atoms with Gasteiger partial charge in [-0.05, 0) is 11.6 Å². The smallest absolute Gasteiger partial charge is 0.257 e. The van der Waals surface area contributed by atoms with Crippen molar-refractivity contribution >= 4 is 29.5 Å². The highest BCUT2D eigenvalue weighted by Crippen LogP contribution is 2.22. The first-order valence-corrected chi connectivity index (χ1v) is 11.2. The largest absolute Gasteiger partial charge is 0.342 e. The highest BCUT2D eigenvalue weighted by atomic mass is 32.2. The Balaban J connectivity index is 1.39. The maximum absolute atomic E-state index is 14.0. The average Bonchev–Trinajstić information content (AvgIpc) is 2.79. The lowest BCUT2D eigenvalue weighted by molar-refractivity contribution is -0.151. The van der Waals surface area contributed by atoms with Crippen LogP contribution < -0.4 is 5.32 Å². The molecule has 6 nitrogen and oxygen atoms in total. The summed E-state index contributed by atoms with van der Waals surface area (Å²) in [6.45, 7) is -0.0107. The topological polar surface area (TPSA) is 69.7 Å². The molecule has 4 rings (SSSR count). The molecule has 0 aliphatic carbocycles. The molecule has 1 N–H and O–H groups in total. The number of carbonyl (C=O) groups excluding carboxylic acids is 3. The van der Waals surface area contributed by atoms with Crippen LogP contribution in [0.4, 0.5) is 13.2 Å². The van der Waals surface area contributed by atoms with Crippen molar-refractivity contribution in [2.24, 2.45) is 0 Å². The molecule has 0 saturated carbocycles. The van der Waals surface area contributed by atoms with E-state index in [4.69, 9.17) is 0 Å². The molecule has 2 fully saturated rings. The fraction of sp³-hybridized carbons (Fsp3) is 0.318.